The summed E-state index contributed by atoms with van der Waals surface area (Å²) in [4.78, 5) is 36.1. The maximum Gasteiger partial charge on any atom is 0.420 e. The summed E-state index contributed by atoms with van der Waals surface area (Å²) in [5.41, 5.74) is 1.28. The van der Waals surface area contributed by atoms with Crippen LogP contribution in [0.1, 0.15) is 24.6 Å². The Kier molecular flexibility index (Phi) is 4.38. The number of carboxylic acids is 1. The van der Waals surface area contributed by atoms with E-state index in [1.807, 2.05) is 0 Å². The van der Waals surface area contributed by atoms with Crippen molar-refractivity contribution in [3.05, 3.63) is 70.7 Å². The number of nitrogens with zero attached hydrogens (tertiary/aromatic N) is 1. The molecule has 0 saturated heterocycles. The summed E-state index contributed by atoms with van der Waals surface area (Å²) in [5, 5.41) is 11.9. The standard InChI is InChI=1S/C18H16N2O5/c1-11(20-13-9-5-6-10-14(13)25-18(20)24)16(21)19-15(17(22)23)12-7-3-2-4-8-12/h2-11,15H,1H3,(H,19,21)(H,22,23)/t11-,15+/m0/s1. The molecule has 0 aliphatic carbocycles. The number of benzene rings is 2. The van der Waals surface area contributed by atoms with Gasteiger partial charge in [-0.05, 0) is 24.6 Å². The summed E-state index contributed by atoms with van der Waals surface area (Å²) < 4.78 is 6.32. The molecule has 7 heteroatoms. The van der Waals surface area contributed by atoms with Crippen molar-refractivity contribution in [1.29, 1.82) is 0 Å². The molecule has 1 aromatic heterocycles. The first-order valence-electron chi connectivity index (χ1n) is 7.67. The zero-order chi connectivity index (χ0) is 18.0. The molecule has 2 aromatic carbocycles. The first-order chi connectivity index (χ1) is 12.0. The molecule has 7 nitrogen and oxygen atoms in total. The molecule has 0 bridgehead atoms. The van der Waals surface area contributed by atoms with E-state index in [2.05, 4.69) is 5.32 Å². The smallest absolute Gasteiger partial charge is 0.420 e. The number of aliphatic carboxylic acids is 1. The summed E-state index contributed by atoms with van der Waals surface area (Å²) in [6.07, 6.45) is 0. The van der Waals surface area contributed by atoms with E-state index in [1.165, 1.54) is 11.5 Å². The second-order valence-electron chi connectivity index (χ2n) is 5.57. The van der Waals surface area contributed by atoms with Crippen LogP contribution in [0.5, 0.6) is 0 Å². The summed E-state index contributed by atoms with van der Waals surface area (Å²) in [7, 11) is 0. The van der Waals surface area contributed by atoms with Gasteiger partial charge in [-0.15, -0.1) is 0 Å². The van der Waals surface area contributed by atoms with E-state index in [1.54, 1.807) is 54.6 Å². The van der Waals surface area contributed by atoms with Gasteiger partial charge in [-0.1, -0.05) is 42.5 Å². The van der Waals surface area contributed by atoms with Crippen LogP contribution in [0.25, 0.3) is 11.1 Å². The fourth-order valence-electron chi connectivity index (χ4n) is 2.66. The third-order valence-electron chi connectivity index (χ3n) is 3.95. The van der Waals surface area contributed by atoms with E-state index in [0.717, 1.165) is 0 Å². The second kappa shape index (κ2) is 6.64. The molecule has 25 heavy (non-hydrogen) atoms. The first kappa shape index (κ1) is 16.5. The lowest BCUT2D eigenvalue weighted by molar-refractivity contribution is -0.142. The van der Waals surface area contributed by atoms with Crippen molar-refractivity contribution in [1.82, 2.24) is 9.88 Å². The Morgan fingerprint density at radius 3 is 2.40 bits per heavy atom. The second-order valence-corrected chi connectivity index (χ2v) is 5.57. The quantitative estimate of drug-likeness (QED) is 0.740. The highest BCUT2D eigenvalue weighted by Crippen LogP contribution is 2.19. The molecule has 0 radical (unpaired) electrons. The predicted molar refractivity (Wildman–Crippen MR) is 90.1 cm³/mol. The largest absolute Gasteiger partial charge is 0.479 e. The number of carbonyl (C=O) groups excluding carboxylic acids is 1. The molecule has 1 amide bonds. The number of carboxylic acid groups (broad SMARTS) is 1. The van der Waals surface area contributed by atoms with Crippen LogP contribution < -0.4 is 11.1 Å². The molecule has 128 valence electrons. The lowest BCUT2D eigenvalue weighted by atomic mass is 10.1. The molecule has 0 aliphatic heterocycles. The Bertz CT molecular complexity index is 974. The Morgan fingerprint density at radius 1 is 1.08 bits per heavy atom. The molecule has 3 aromatic rings. The van der Waals surface area contributed by atoms with Gasteiger partial charge in [0.15, 0.2) is 11.6 Å². The number of rotatable bonds is 5. The Hall–Kier alpha value is -3.35. The lowest BCUT2D eigenvalue weighted by Gasteiger charge is -2.18. The van der Waals surface area contributed by atoms with E-state index >= 15 is 0 Å². The fraction of sp³-hybridized carbons (Fsp3) is 0.167. The normalized spacial score (nSPS) is 13.3. The number of hydrogen-bond acceptors (Lipinski definition) is 4. The van der Waals surface area contributed by atoms with Crippen molar-refractivity contribution < 1.29 is 19.1 Å². The van der Waals surface area contributed by atoms with Gasteiger partial charge in [-0.3, -0.25) is 9.36 Å². The van der Waals surface area contributed by atoms with E-state index in [9.17, 15) is 19.5 Å². The molecule has 0 aliphatic rings. The van der Waals surface area contributed by atoms with E-state index in [-0.39, 0.29) is 0 Å². The van der Waals surface area contributed by atoms with Gasteiger partial charge in [-0.2, -0.15) is 0 Å². The SMILES string of the molecule is C[C@@H](C(=O)N[C@@H](C(=O)O)c1ccccc1)n1c(=O)oc2ccccc21. The maximum absolute atomic E-state index is 12.5. The van der Waals surface area contributed by atoms with E-state index in [4.69, 9.17) is 4.42 Å². The zero-order valence-corrected chi connectivity index (χ0v) is 13.4. The number of aromatic nitrogens is 1. The Labute approximate surface area is 142 Å². The van der Waals surface area contributed by atoms with E-state index in [0.29, 0.717) is 16.7 Å². The summed E-state index contributed by atoms with van der Waals surface area (Å²) in [6, 6.07) is 13.0. The first-order valence-corrected chi connectivity index (χ1v) is 7.67. The molecule has 3 rings (SSSR count). The Balaban J connectivity index is 1.90. The predicted octanol–water partition coefficient (Wildman–Crippen LogP) is 2.10. The highest BCUT2D eigenvalue weighted by Gasteiger charge is 2.27. The zero-order valence-electron chi connectivity index (χ0n) is 13.4. The third-order valence-corrected chi connectivity index (χ3v) is 3.95. The van der Waals surface area contributed by atoms with Gasteiger partial charge in [0.2, 0.25) is 5.91 Å². The Morgan fingerprint density at radius 2 is 1.72 bits per heavy atom. The van der Waals surface area contributed by atoms with Crippen LogP contribution >= 0.6 is 0 Å². The molecule has 0 fully saturated rings. The lowest BCUT2D eigenvalue weighted by Crippen LogP contribution is -2.39. The van der Waals surface area contributed by atoms with Crippen LogP contribution in [-0.4, -0.2) is 21.6 Å². The molecule has 0 saturated carbocycles. The number of oxazole rings is 1. The minimum atomic E-state index is -1.20. The van der Waals surface area contributed by atoms with Crippen LogP contribution in [0, 0.1) is 0 Å². The van der Waals surface area contributed by atoms with Gasteiger partial charge < -0.3 is 14.8 Å². The van der Waals surface area contributed by atoms with Crippen molar-refractivity contribution in [2.24, 2.45) is 0 Å². The topological polar surface area (TPSA) is 102 Å². The maximum atomic E-state index is 12.5. The minimum Gasteiger partial charge on any atom is -0.479 e. The summed E-state index contributed by atoms with van der Waals surface area (Å²) in [5.74, 6) is -2.45. The number of fused-ring (bicyclic) bond motifs is 1. The van der Waals surface area contributed by atoms with Crippen molar-refractivity contribution >= 4 is 23.0 Å². The summed E-state index contributed by atoms with van der Waals surface area (Å²) >= 11 is 0. The fourth-order valence-corrected chi connectivity index (χ4v) is 2.66. The van der Waals surface area contributed by atoms with Gasteiger partial charge in [0, 0.05) is 0 Å². The van der Waals surface area contributed by atoms with Gasteiger partial charge in [0.25, 0.3) is 0 Å². The van der Waals surface area contributed by atoms with Gasteiger partial charge in [0.1, 0.15) is 6.04 Å². The highest BCUT2D eigenvalue weighted by atomic mass is 16.4. The van der Waals surface area contributed by atoms with Crippen LogP contribution in [0.3, 0.4) is 0 Å². The van der Waals surface area contributed by atoms with Crippen LogP contribution in [-0.2, 0) is 9.59 Å². The number of carbonyl (C=O) groups is 2. The van der Waals surface area contributed by atoms with Gasteiger partial charge in [-0.25, -0.2) is 9.59 Å². The summed E-state index contributed by atoms with van der Waals surface area (Å²) in [6.45, 7) is 1.52. The number of nitrogens with one attached hydrogen (secondary N) is 1. The van der Waals surface area contributed by atoms with Crippen molar-refractivity contribution in [3.63, 3.8) is 0 Å². The number of amides is 1. The van der Waals surface area contributed by atoms with E-state index < -0.39 is 29.7 Å². The van der Waals surface area contributed by atoms with Crippen molar-refractivity contribution in [3.8, 4) is 0 Å². The molecular weight excluding hydrogens is 324 g/mol. The molecule has 1 heterocycles. The monoisotopic (exact) mass is 340 g/mol. The molecule has 2 atom stereocenters. The van der Waals surface area contributed by atoms with Crippen LogP contribution in [0.2, 0.25) is 0 Å². The third kappa shape index (κ3) is 3.16. The average Bonchev–Trinajstić information content (AvgIpc) is 2.95. The molecule has 0 spiro atoms. The average molecular weight is 340 g/mol. The minimum absolute atomic E-state index is 0.366. The van der Waals surface area contributed by atoms with Crippen LogP contribution in [0.15, 0.2) is 63.8 Å². The number of hydrogen-bond donors (Lipinski definition) is 2. The molecular formula is C18H16N2O5. The highest BCUT2D eigenvalue weighted by molar-refractivity contribution is 5.87. The molecule has 2 N–H and O–H groups in total. The number of para-hydroxylation sites is 2. The van der Waals surface area contributed by atoms with Crippen molar-refractivity contribution in [2.75, 3.05) is 0 Å². The van der Waals surface area contributed by atoms with Crippen LogP contribution in [0.4, 0.5) is 0 Å². The van der Waals surface area contributed by atoms with Gasteiger partial charge in [0.05, 0.1) is 5.52 Å². The van der Waals surface area contributed by atoms with Gasteiger partial charge >= 0.3 is 11.7 Å². The van der Waals surface area contributed by atoms with Crippen molar-refractivity contribution in [2.45, 2.75) is 19.0 Å². The molecule has 0 unspecified atom stereocenters.